The van der Waals surface area contributed by atoms with E-state index < -0.39 is 18.0 Å². The van der Waals surface area contributed by atoms with Gasteiger partial charge in [-0.25, -0.2) is 0 Å². The molecule has 0 aliphatic heterocycles. The number of aryl methyl sites for hydroxylation is 1. The van der Waals surface area contributed by atoms with Crippen LogP contribution in [0.3, 0.4) is 0 Å². The van der Waals surface area contributed by atoms with Gasteiger partial charge in [-0.1, -0.05) is 11.6 Å². The molecule has 1 aromatic rings. The predicted octanol–water partition coefficient (Wildman–Crippen LogP) is 2.22. The van der Waals surface area contributed by atoms with Gasteiger partial charge in [0.15, 0.2) is 6.10 Å². The Kier molecular flexibility index (Phi) is 6.31. The minimum Gasteiger partial charge on any atom is -0.493 e. The van der Waals surface area contributed by atoms with Crippen molar-refractivity contribution in [2.24, 2.45) is 5.73 Å². The maximum absolute atomic E-state index is 11.4. The quantitative estimate of drug-likeness (QED) is 0.618. The Morgan fingerprint density at radius 2 is 2.10 bits per heavy atom. The van der Waals surface area contributed by atoms with Crippen molar-refractivity contribution in [1.29, 1.82) is 0 Å². The minimum atomic E-state index is -0.901. The molecule has 0 spiro atoms. The molecule has 0 heterocycles. The van der Waals surface area contributed by atoms with Gasteiger partial charge in [-0.05, 0) is 44.0 Å². The molecule has 1 rings (SSSR count). The standard InChI is InChI=1S/C14H18ClNO4/c1-9-8-11(15)5-6-12(9)19-7-3-4-13(17)20-10(2)14(16)18/h5-6,8,10H,3-4,7H2,1-2H3,(H2,16,18)/t10-/m1/s1. The van der Waals surface area contributed by atoms with Gasteiger partial charge < -0.3 is 15.2 Å². The number of ether oxygens (including phenoxy) is 2. The van der Waals surface area contributed by atoms with E-state index in [1.54, 1.807) is 18.2 Å². The average molecular weight is 300 g/mol. The molecule has 0 aliphatic rings. The maximum Gasteiger partial charge on any atom is 0.306 e. The van der Waals surface area contributed by atoms with Gasteiger partial charge in [-0.2, -0.15) is 0 Å². The summed E-state index contributed by atoms with van der Waals surface area (Å²) in [5.41, 5.74) is 5.93. The fraction of sp³-hybridized carbons (Fsp3) is 0.429. The molecule has 2 N–H and O–H groups in total. The zero-order valence-corrected chi connectivity index (χ0v) is 12.3. The Bertz CT molecular complexity index is 490. The Morgan fingerprint density at radius 1 is 1.40 bits per heavy atom. The third-order valence-electron chi connectivity index (χ3n) is 2.63. The molecule has 0 saturated heterocycles. The number of esters is 1. The van der Waals surface area contributed by atoms with Crippen LogP contribution in [0.2, 0.25) is 5.02 Å². The summed E-state index contributed by atoms with van der Waals surface area (Å²) in [7, 11) is 0. The minimum absolute atomic E-state index is 0.171. The molecule has 0 aliphatic carbocycles. The molecule has 0 fully saturated rings. The molecule has 0 saturated carbocycles. The Morgan fingerprint density at radius 3 is 2.70 bits per heavy atom. The molecule has 6 heteroatoms. The zero-order chi connectivity index (χ0) is 15.1. The van der Waals surface area contributed by atoms with Gasteiger partial charge in [0, 0.05) is 11.4 Å². The lowest BCUT2D eigenvalue weighted by molar-refractivity contribution is -0.153. The summed E-state index contributed by atoms with van der Waals surface area (Å²) in [5.74, 6) is -0.396. The van der Waals surface area contributed by atoms with E-state index >= 15 is 0 Å². The molecule has 0 aromatic heterocycles. The van der Waals surface area contributed by atoms with Crippen molar-refractivity contribution < 1.29 is 19.1 Å². The van der Waals surface area contributed by atoms with E-state index in [2.05, 4.69) is 0 Å². The van der Waals surface area contributed by atoms with Gasteiger partial charge in [0.2, 0.25) is 0 Å². The number of nitrogens with two attached hydrogens (primary N) is 1. The molecular weight excluding hydrogens is 282 g/mol. The highest BCUT2D eigenvalue weighted by Gasteiger charge is 2.14. The van der Waals surface area contributed by atoms with Crippen molar-refractivity contribution in [3.8, 4) is 5.75 Å². The molecule has 0 unspecified atom stereocenters. The van der Waals surface area contributed by atoms with Crippen molar-refractivity contribution in [3.63, 3.8) is 0 Å². The lowest BCUT2D eigenvalue weighted by Crippen LogP contribution is -2.30. The second-order valence-electron chi connectivity index (χ2n) is 4.40. The number of halogens is 1. The van der Waals surface area contributed by atoms with Crippen LogP contribution in [0.15, 0.2) is 18.2 Å². The molecule has 0 radical (unpaired) electrons. The van der Waals surface area contributed by atoms with Gasteiger partial charge in [-0.3, -0.25) is 9.59 Å². The van der Waals surface area contributed by atoms with Gasteiger partial charge in [-0.15, -0.1) is 0 Å². The third-order valence-corrected chi connectivity index (χ3v) is 2.86. The lowest BCUT2D eigenvalue weighted by atomic mass is 10.2. The Labute approximate surface area is 123 Å². The van der Waals surface area contributed by atoms with Crippen LogP contribution in [-0.2, 0) is 14.3 Å². The molecule has 110 valence electrons. The summed E-state index contributed by atoms with van der Waals surface area (Å²) >= 11 is 5.84. The van der Waals surface area contributed by atoms with Gasteiger partial charge in [0.25, 0.3) is 5.91 Å². The molecule has 0 bridgehead atoms. The van der Waals surface area contributed by atoms with E-state index in [9.17, 15) is 9.59 Å². The molecule has 1 aromatic carbocycles. The number of benzene rings is 1. The first kappa shape index (κ1) is 16.3. The van der Waals surface area contributed by atoms with E-state index in [1.165, 1.54) is 6.92 Å². The van der Waals surface area contributed by atoms with E-state index in [4.69, 9.17) is 26.8 Å². The smallest absolute Gasteiger partial charge is 0.306 e. The van der Waals surface area contributed by atoms with Crippen molar-refractivity contribution >= 4 is 23.5 Å². The van der Waals surface area contributed by atoms with Crippen molar-refractivity contribution in [3.05, 3.63) is 28.8 Å². The number of hydrogen-bond donors (Lipinski definition) is 1. The molecule has 1 atom stereocenters. The fourth-order valence-electron chi connectivity index (χ4n) is 1.49. The topological polar surface area (TPSA) is 78.6 Å². The largest absolute Gasteiger partial charge is 0.493 e. The first-order valence-corrected chi connectivity index (χ1v) is 6.65. The molecular formula is C14H18ClNO4. The van der Waals surface area contributed by atoms with Crippen LogP contribution in [0.5, 0.6) is 5.75 Å². The normalized spacial score (nSPS) is 11.8. The summed E-state index contributed by atoms with van der Waals surface area (Å²) in [6.45, 7) is 3.71. The summed E-state index contributed by atoms with van der Waals surface area (Å²) in [4.78, 5) is 22.1. The van der Waals surface area contributed by atoms with E-state index in [0.717, 1.165) is 11.3 Å². The first-order valence-electron chi connectivity index (χ1n) is 6.28. The van der Waals surface area contributed by atoms with Gasteiger partial charge in [0.1, 0.15) is 5.75 Å². The monoisotopic (exact) mass is 299 g/mol. The van der Waals surface area contributed by atoms with Crippen LogP contribution in [-0.4, -0.2) is 24.6 Å². The number of carbonyl (C=O) groups is 2. The van der Waals surface area contributed by atoms with Crippen LogP contribution >= 0.6 is 11.6 Å². The Hall–Kier alpha value is -1.75. The number of amides is 1. The van der Waals surface area contributed by atoms with E-state index in [-0.39, 0.29) is 6.42 Å². The SMILES string of the molecule is Cc1cc(Cl)ccc1OCCCC(=O)O[C@H](C)C(N)=O. The van der Waals surface area contributed by atoms with Crippen molar-refractivity contribution in [2.45, 2.75) is 32.8 Å². The van der Waals surface area contributed by atoms with Gasteiger partial charge >= 0.3 is 5.97 Å². The second-order valence-corrected chi connectivity index (χ2v) is 4.83. The maximum atomic E-state index is 11.4. The number of carbonyl (C=O) groups excluding carboxylic acids is 2. The van der Waals surface area contributed by atoms with E-state index in [1.807, 2.05) is 6.92 Å². The molecule has 1 amide bonds. The van der Waals surface area contributed by atoms with Crippen LogP contribution < -0.4 is 10.5 Å². The highest BCUT2D eigenvalue weighted by atomic mass is 35.5. The highest BCUT2D eigenvalue weighted by Crippen LogP contribution is 2.21. The number of rotatable bonds is 7. The van der Waals surface area contributed by atoms with Crippen LogP contribution in [0.1, 0.15) is 25.3 Å². The Balaban J connectivity index is 2.28. The van der Waals surface area contributed by atoms with Crippen molar-refractivity contribution in [2.75, 3.05) is 6.61 Å². The zero-order valence-electron chi connectivity index (χ0n) is 11.5. The van der Waals surface area contributed by atoms with Crippen LogP contribution in [0, 0.1) is 6.92 Å². The lowest BCUT2D eigenvalue weighted by Gasteiger charge is -2.11. The first-order chi connectivity index (χ1) is 9.40. The summed E-state index contributed by atoms with van der Waals surface area (Å²) in [6, 6.07) is 5.33. The van der Waals surface area contributed by atoms with Crippen LogP contribution in [0.25, 0.3) is 0 Å². The second kappa shape index (κ2) is 7.75. The van der Waals surface area contributed by atoms with Crippen LogP contribution in [0.4, 0.5) is 0 Å². The average Bonchev–Trinajstić information content (AvgIpc) is 2.36. The fourth-order valence-corrected chi connectivity index (χ4v) is 1.71. The van der Waals surface area contributed by atoms with E-state index in [0.29, 0.717) is 18.1 Å². The summed E-state index contributed by atoms with van der Waals surface area (Å²) in [5, 5.41) is 0.652. The molecule has 5 nitrogen and oxygen atoms in total. The van der Waals surface area contributed by atoms with Gasteiger partial charge in [0.05, 0.1) is 6.61 Å². The predicted molar refractivity (Wildman–Crippen MR) is 75.7 cm³/mol. The molecule has 20 heavy (non-hydrogen) atoms. The third kappa shape index (κ3) is 5.48. The highest BCUT2D eigenvalue weighted by molar-refractivity contribution is 6.30. The summed E-state index contributed by atoms with van der Waals surface area (Å²) < 4.78 is 10.4. The van der Waals surface area contributed by atoms with Crippen molar-refractivity contribution in [1.82, 2.24) is 0 Å². The number of primary amides is 1. The summed E-state index contributed by atoms with van der Waals surface area (Å²) in [6.07, 6.45) is -0.238. The number of hydrogen-bond acceptors (Lipinski definition) is 4.